The number of benzene rings is 1. The Morgan fingerprint density at radius 2 is 1.78 bits per heavy atom. The number of hydrogen-bond donors (Lipinski definition) is 1. The maximum Gasteiger partial charge on any atom is 0.408 e. The summed E-state index contributed by atoms with van der Waals surface area (Å²) in [5, 5.41) is 2.76. The number of rotatable bonds is 7. The SMILES string of the molecule is COc1ccc(N(CC2CC2)C(=O)[C@@H](NC(=O)OC(C)(C)C)C(C)C)cc1. The van der Waals surface area contributed by atoms with Gasteiger partial charge in [-0.3, -0.25) is 4.79 Å². The molecule has 2 rings (SSSR count). The van der Waals surface area contributed by atoms with E-state index in [0.29, 0.717) is 12.5 Å². The van der Waals surface area contributed by atoms with Crippen molar-refractivity contribution in [1.29, 1.82) is 0 Å². The van der Waals surface area contributed by atoms with Gasteiger partial charge in [0.2, 0.25) is 5.91 Å². The molecule has 0 bridgehead atoms. The molecule has 150 valence electrons. The van der Waals surface area contributed by atoms with Crippen LogP contribution in [0.3, 0.4) is 0 Å². The van der Waals surface area contributed by atoms with E-state index >= 15 is 0 Å². The lowest BCUT2D eigenvalue weighted by Crippen LogP contribution is -2.52. The average molecular weight is 376 g/mol. The normalized spacial score (nSPS) is 15.2. The summed E-state index contributed by atoms with van der Waals surface area (Å²) in [6.45, 7) is 9.90. The van der Waals surface area contributed by atoms with Crippen molar-refractivity contribution in [3.8, 4) is 5.75 Å². The Kier molecular flexibility index (Phi) is 6.73. The Labute approximate surface area is 162 Å². The van der Waals surface area contributed by atoms with Crippen molar-refractivity contribution in [3.63, 3.8) is 0 Å². The van der Waals surface area contributed by atoms with Crippen LogP contribution in [-0.2, 0) is 9.53 Å². The molecule has 1 aliphatic rings. The van der Waals surface area contributed by atoms with Gasteiger partial charge in [-0.1, -0.05) is 13.8 Å². The van der Waals surface area contributed by atoms with E-state index < -0.39 is 17.7 Å². The van der Waals surface area contributed by atoms with E-state index in [2.05, 4.69) is 5.32 Å². The largest absolute Gasteiger partial charge is 0.497 e. The van der Waals surface area contributed by atoms with Gasteiger partial charge in [-0.2, -0.15) is 0 Å². The lowest BCUT2D eigenvalue weighted by atomic mass is 10.0. The van der Waals surface area contributed by atoms with E-state index in [1.165, 1.54) is 0 Å². The Hall–Kier alpha value is -2.24. The van der Waals surface area contributed by atoms with Gasteiger partial charge in [0, 0.05) is 12.2 Å². The number of methoxy groups -OCH3 is 1. The third-order valence-electron chi connectivity index (χ3n) is 4.39. The molecule has 0 spiro atoms. The first kappa shape index (κ1) is 21.1. The molecule has 6 heteroatoms. The van der Waals surface area contributed by atoms with Crippen LogP contribution in [-0.4, -0.2) is 37.3 Å². The molecule has 1 N–H and O–H groups in total. The predicted molar refractivity (Wildman–Crippen MR) is 106 cm³/mol. The second kappa shape index (κ2) is 8.63. The average Bonchev–Trinajstić information content (AvgIpc) is 3.39. The van der Waals surface area contributed by atoms with Gasteiger partial charge in [0.15, 0.2) is 0 Å². The molecule has 1 saturated carbocycles. The number of carbonyl (C=O) groups is 2. The van der Waals surface area contributed by atoms with Gasteiger partial charge < -0.3 is 19.7 Å². The van der Waals surface area contributed by atoms with Gasteiger partial charge in [-0.25, -0.2) is 4.79 Å². The topological polar surface area (TPSA) is 67.9 Å². The molecule has 0 saturated heterocycles. The van der Waals surface area contributed by atoms with E-state index in [4.69, 9.17) is 9.47 Å². The minimum absolute atomic E-state index is 0.0648. The van der Waals surface area contributed by atoms with Gasteiger partial charge in [0.05, 0.1) is 7.11 Å². The van der Waals surface area contributed by atoms with Crippen LogP contribution in [0.2, 0.25) is 0 Å². The first-order chi connectivity index (χ1) is 12.6. The minimum Gasteiger partial charge on any atom is -0.497 e. The van der Waals surface area contributed by atoms with Crippen molar-refractivity contribution < 1.29 is 19.1 Å². The van der Waals surface area contributed by atoms with Crippen LogP contribution < -0.4 is 15.0 Å². The summed E-state index contributed by atoms with van der Waals surface area (Å²) in [6.07, 6.45) is 1.69. The fourth-order valence-corrected chi connectivity index (χ4v) is 2.76. The van der Waals surface area contributed by atoms with Crippen LogP contribution in [0, 0.1) is 11.8 Å². The maximum absolute atomic E-state index is 13.3. The zero-order valence-corrected chi connectivity index (χ0v) is 17.2. The lowest BCUT2D eigenvalue weighted by molar-refractivity contribution is -0.121. The van der Waals surface area contributed by atoms with Crippen LogP contribution in [0.5, 0.6) is 5.75 Å². The molecular weight excluding hydrogens is 344 g/mol. The molecule has 1 atom stereocenters. The molecular formula is C21H32N2O4. The summed E-state index contributed by atoms with van der Waals surface area (Å²) >= 11 is 0. The van der Waals surface area contributed by atoms with Crippen LogP contribution in [0.15, 0.2) is 24.3 Å². The summed E-state index contributed by atoms with van der Waals surface area (Å²) in [5.74, 6) is 1.08. The summed E-state index contributed by atoms with van der Waals surface area (Å²) in [5.41, 5.74) is 0.197. The maximum atomic E-state index is 13.3. The van der Waals surface area contributed by atoms with Gasteiger partial charge in [0.25, 0.3) is 0 Å². The van der Waals surface area contributed by atoms with Gasteiger partial charge in [-0.05, 0) is 69.7 Å². The summed E-state index contributed by atoms with van der Waals surface area (Å²) in [4.78, 5) is 27.3. The quantitative estimate of drug-likeness (QED) is 0.781. The van der Waals surface area contributed by atoms with E-state index in [0.717, 1.165) is 24.3 Å². The van der Waals surface area contributed by atoms with Crippen molar-refractivity contribution in [2.45, 2.75) is 59.1 Å². The van der Waals surface area contributed by atoms with Crippen LogP contribution in [0.1, 0.15) is 47.5 Å². The lowest BCUT2D eigenvalue weighted by Gasteiger charge is -2.31. The molecule has 1 aromatic rings. The van der Waals surface area contributed by atoms with Crippen molar-refractivity contribution in [1.82, 2.24) is 5.32 Å². The van der Waals surface area contributed by atoms with Crippen LogP contribution in [0.25, 0.3) is 0 Å². The summed E-state index contributed by atoms with van der Waals surface area (Å²) < 4.78 is 10.6. The van der Waals surface area contributed by atoms with E-state index in [1.807, 2.05) is 38.1 Å². The summed E-state index contributed by atoms with van der Waals surface area (Å²) in [7, 11) is 1.61. The number of carbonyl (C=O) groups excluding carboxylic acids is 2. The van der Waals surface area contributed by atoms with Gasteiger partial charge >= 0.3 is 6.09 Å². The second-order valence-electron chi connectivity index (χ2n) is 8.46. The molecule has 0 aromatic heterocycles. The van der Waals surface area contributed by atoms with Crippen molar-refractivity contribution in [3.05, 3.63) is 24.3 Å². The zero-order valence-electron chi connectivity index (χ0n) is 17.2. The number of ether oxygens (including phenoxy) is 2. The number of nitrogens with zero attached hydrogens (tertiary/aromatic N) is 1. The second-order valence-corrected chi connectivity index (χ2v) is 8.46. The zero-order chi connectivity index (χ0) is 20.2. The first-order valence-electron chi connectivity index (χ1n) is 9.55. The molecule has 0 radical (unpaired) electrons. The number of amides is 2. The van der Waals surface area contributed by atoms with Crippen molar-refractivity contribution in [2.24, 2.45) is 11.8 Å². The van der Waals surface area contributed by atoms with Crippen LogP contribution in [0.4, 0.5) is 10.5 Å². The highest BCUT2D eigenvalue weighted by molar-refractivity contribution is 5.99. The summed E-state index contributed by atoms with van der Waals surface area (Å²) in [6, 6.07) is 6.79. The molecule has 1 fully saturated rings. The van der Waals surface area contributed by atoms with E-state index in [9.17, 15) is 9.59 Å². The van der Waals surface area contributed by atoms with Crippen molar-refractivity contribution in [2.75, 3.05) is 18.6 Å². The Morgan fingerprint density at radius 1 is 1.19 bits per heavy atom. The third kappa shape index (κ3) is 6.45. The Morgan fingerprint density at radius 3 is 2.22 bits per heavy atom. The molecule has 1 aliphatic carbocycles. The molecule has 0 unspecified atom stereocenters. The Balaban J connectivity index is 2.19. The highest BCUT2D eigenvalue weighted by atomic mass is 16.6. The molecule has 0 aliphatic heterocycles. The highest BCUT2D eigenvalue weighted by Gasteiger charge is 2.34. The molecule has 1 aromatic carbocycles. The monoisotopic (exact) mass is 376 g/mol. The highest BCUT2D eigenvalue weighted by Crippen LogP contribution is 2.32. The van der Waals surface area contributed by atoms with E-state index in [-0.39, 0.29) is 11.8 Å². The fourth-order valence-electron chi connectivity index (χ4n) is 2.76. The molecule has 27 heavy (non-hydrogen) atoms. The predicted octanol–water partition coefficient (Wildman–Crippen LogP) is 3.99. The number of anilines is 1. The molecule has 2 amide bonds. The fraction of sp³-hybridized carbons (Fsp3) is 0.619. The van der Waals surface area contributed by atoms with Crippen LogP contribution >= 0.6 is 0 Å². The standard InChI is InChI=1S/C21H32N2O4/c1-14(2)18(22-20(25)27-21(3,4)5)19(24)23(13-15-7-8-15)16-9-11-17(26-6)12-10-16/h9-12,14-15,18H,7-8,13H2,1-6H3,(H,22,25)/t18-/m0/s1. The minimum atomic E-state index is -0.652. The van der Waals surface area contributed by atoms with Gasteiger partial charge in [0.1, 0.15) is 17.4 Å². The number of nitrogens with one attached hydrogen (secondary N) is 1. The molecule has 6 nitrogen and oxygen atoms in total. The number of alkyl carbamates (subject to hydrolysis) is 1. The van der Waals surface area contributed by atoms with E-state index in [1.54, 1.807) is 32.8 Å². The number of hydrogen-bond acceptors (Lipinski definition) is 4. The van der Waals surface area contributed by atoms with Gasteiger partial charge in [-0.15, -0.1) is 0 Å². The smallest absolute Gasteiger partial charge is 0.408 e. The first-order valence-corrected chi connectivity index (χ1v) is 9.55. The van der Waals surface area contributed by atoms with Crippen molar-refractivity contribution >= 4 is 17.7 Å². The Bertz CT molecular complexity index is 645. The third-order valence-corrected chi connectivity index (χ3v) is 4.39. The molecule has 0 heterocycles.